The van der Waals surface area contributed by atoms with Gasteiger partial charge in [0.25, 0.3) is 0 Å². The highest BCUT2D eigenvalue weighted by Crippen LogP contribution is 2.19. The smallest absolute Gasteiger partial charge is 0.225 e. The second-order valence-electron chi connectivity index (χ2n) is 7.74. The Hall–Kier alpha value is -0.460. The maximum atomic E-state index is 12.5. The van der Waals surface area contributed by atoms with Crippen LogP contribution in [0.1, 0.15) is 40.0 Å². The molecule has 0 aliphatic carbocycles. The maximum Gasteiger partial charge on any atom is 0.225 e. The molecule has 2 saturated heterocycles. The highest BCUT2D eigenvalue weighted by molar-refractivity contribution is 7.99. The van der Waals surface area contributed by atoms with Gasteiger partial charge in [-0.15, -0.1) is 12.4 Å². The second kappa shape index (κ2) is 9.88. The predicted molar refractivity (Wildman–Crippen MR) is 103 cm³/mol. The zero-order valence-corrected chi connectivity index (χ0v) is 16.7. The molecule has 2 aliphatic rings. The third kappa shape index (κ3) is 6.81. The molecule has 2 unspecified atom stereocenters. The number of likely N-dealkylation sites (tertiary alicyclic amines) is 1. The van der Waals surface area contributed by atoms with Crippen LogP contribution in [0.2, 0.25) is 0 Å². The minimum absolute atomic E-state index is 0. The molecule has 2 rings (SSSR count). The lowest BCUT2D eigenvalue weighted by atomic mass is 9.94. The Labute approximate surface area is 156 Å². The van der Waals surface area contributed by atoms with E-state index < -0.39 is 0 Å². The van der Waals surface area contributed by atoms with E-state index in [9.17, 15) is 9.59 Å². The molecule has 0 aromatic heterocycles. The van der Waals surface area contributed by atoms with Gasteiger partial charge < -0.3 is 15.5 Å². The van der Waals surface area contributed by atoms with Crippen molar-refractivity contribution in [3.63, 3.8) is 0 Å². The molecule has 0 spiro atoms. The average Bonchev–Trinajstić information content (AvgIpc) is 2.53. The first kappa shape index (κ1) is 21.6. The van der Waals surface area contributed by atoms with Crippen molar-refractivity contribution in [1.82, 2.24) is 15.5 Å². The minimum Gasteiger partial charge on any atom is -0.355 e. The summed E-state index contributed by atoms with van der Waals surface area (Å²) >= 11 is 1.93. The number of amides is 2. The lowest BCUT2D eigenvalue weighted by molar-refractivity contribution is -0.133. The van der Waals surface area contributed by atoms with Crippen LogP contribution in [0.4, 0.5) is 0 Å². The summed E-state index contributed by atoms with van der Waals surface area (Å²) in [6, 6.07) is 0.321. The zero-order valence-electron chi connectivity index (χ0n) is 15.1. The lowest BCUT2D eigenvalue weighted by Gasteiger charge is -2.34. The van der Waals surface area contributed by atoms with Gasteiger partial charge >= 0.3 is 0 Å². The van der Waals surface area contributed by atoms with Crippen molar-refractivity contribution in [2.75, 3.05) is 37.7 Å². The average molecular weight is 378 g/mol. The number of hydrogen-bond donors (Lipinski definition) is 2. The van der Waals surface area contributed by atoms with Gasteiger partial charge in [-0.05, 0) is 18.8 Å². The first-order chi connectivity index (χ1) is 10.9. The Morgan fingerprint density at radius 1 is 1.33 bits per heavy atom. The van der Waals surface area contributed by atoms with Crippen LogP contribution in [0.15, 0.2) is 0 Å². The Morgan fingerprint density at radius 3 is 2.71 bits per heavy atom. The molecule has 0 aromatic carbocycles. The topological polar surface area (TPSA) is 61.4 Å². The normalized spacial score (nSPS) is 24.9. The molecule has 2 N–H and O–H groups in total. The molecular weight excluding hydrogens is 346 g/mol. The molecule has 0 saturated carbocycles. The van der Waals surface area contributed by atoms with Crippen molar-refractivity contribution in [2.24, 2.45) is 11.3 Å². The van der Waals surface area contributed by atoms with E-state index in [1.165, 1.54) is 0 Å². The van der Waals surface area contributed by atoms with Crippen LogP contribution in [0.25, 0.3) is 0 Å². The molecule has 2 atom stereocenters. The zero-order chi connectivity index (χ0) is 16.9. The van der Waals surface area contributed by atoms with E-state index >= 15 is 0 Å². The lowest BCUT2D eigenvalue weighted by Crippen LogP contribution is -2.47. The summed E-state index contributed by atoms with van der Waals surface area (Å²) in [5.41, 5.74) is -0.353. The van der Waals surface area contributed by atoms with Gasteiger partial charge in [-0.3, -0.25) is 9.59 Å². The van der Waals surface area contributed by atoms with Gasteiger partial charge in [0.05, 0.1) is 0 Å². The van der Waals surface area contributed by atoms with Crippen LogP contribution in [-0.4, -0.2) is 60.4 Å². The quantitative estimate of drug-likeness (QED) is 0.785. The summed E-state index contributed by atoms with van der Waals surface area (Å²) in [4.78, 5) is 26.5. The number of piperidine rings is 1. The van der Waals surface area contributed by atoms with Crippen LogP contribution in [0.3, 0.4) is 0 Å². The van der Waals surface area contributed by atoms with Crippen LogP contribution in [0, 0.1) is 11.3 Å². The van der Waals surface area contributed by atoms with E-state index in [-0.39, 0.29) is 29.6 Å². The van der Waals surface area contributed by atoms with E-state index in [0.29, 0.717) is 24.9 Å². The summed E-state index contributed by atoms with van der Waals surface area (Å²) in [6.07, 6.45) is 2.73. The van der Waals surface area contributed by atoms with Crippen molar-refractivity contribution < 1.29 is 9.59 Å². The molecule has 2 aliphatic heterocycles. The van der Waals surface area contributed by atoms with Crippen LogP contribution in [0.5, 0.6) is 0 Å². The third-order valence-corrected chi connectivity index (χ3v) is 5.65. The van der Waals surface area contributed by atoms with Gasteiger partial charge in [0, 0.05) is 55.6 Å². The second-order valence-corrected chi connectivity index (χ2v) is 8.89. The Kier molecular flexibility index (Phi) is 8.88. The van der Waals surface area contributed by atoms with Crippen molar-refractivity contribution in [2.45, 2.75) is 46.1 Å². The molecule has 140 valence electrons. The molecule has 2 fully saturated rings. The van der Waals surface area contributed by atoms with E-state index in [1.807, 2.05) is 37.4 Å². The van der Waals surface area contributed by atoms with Gasteiger partial charge in [-0.2, -0.15) is 11.8 Å². The minimum atomic E-state index is -0.353. The largest absolute Gasteiger partial charge is 0.355 e. The number of carbonyl (C=O) groups is 2. The van der Waals surface area contributed by atoms with Crippen molar-refractivity contribution in [1.29, 1.82) is 0 Å². The van der Waals surface area contributed by atoms with Crippen molar-refractivity contribution in [3.8, 4) is 0 Å². The van der Waals surface area contributed by atoms with Crippen molar-refractivity contribution in [3.05, 3.63) is 0 Å². The summed E-state index contributed by atoms with van der Waals surface area (Å²) in [5, 5.41) is 6.47. The highest BCUT2D eigenvalue weighted by atomic mass is 35.5. The number of nitrogens with zero attached hydrogens (tertiary/aromatic N) is 1. The van der Waals surface area contributed by atoms with Gasteiger partial charge in [-0.1, -0.05) is 20.8 Å². The van der Waals surface area contributed by atoms with Gasteiger partial charge in [0.15, 0.2) is 0 Å². The molecule has 0 radical (unpaired) electrons. The fourth-order valence-electron chi connectivity index (χ4n) is 3.05. The van der Waals surface area contributed by atoms with Crippen LogP contribution in [-0.2, 0) is 9.59 Å². The molecule has 7 heteroatoms. The number of nitrogens with one attached hydrogen (secondary N) is 2. The monoisotopic (exact) mass is 377 g/mol. The Bertz CT molecular complexity index is 423. The number of hydrogen-bond acceptors (Lipinski definition) is 4. The highest BCUT2D eigenvalue weighted by Gasteiger charge is 2.27. The Morgan fingerprint density at radius 2 is 2.08 bits per heavy atom. The fraction of sp³-hybridized carbons (Fsp3) is 0.882. The number of rotatable bonds is 4. The SMILES string of the molecule is CC(C)(C)C(=O)NCC1CCCN(C(=O)CC2CSCCN2)C1.Cl. The van der Waals surface area contributed by atoms with E-state index in [1.54, 1.807) is 0 Å². The number of halogens is 1. The van der Waals surface area contributed by atoms with Gasteiger partial charge in [0.1, 0.15) is 0 Å². The molecule has 2 heterocycles. The van der Waals surface area contributed by atoms with Crippen LogP contribution >= 0.6 is 24.2 Å². The molecule has 0 aromatic rings. The summed E-state index contributed by atoms with van der Waals surface area (Å²) < 4.78 is 0. The number of carbonyl (C=O) groups excluding carboxylic acids is 2. The van der Waals surface area contributed by atoms with Gasteiger partial charge in [-0.25, -0.2) is 0 Å². The molecule has 24 heavy (non-hydrogen) atoms. The predicted octanol–water partition coefficient (Wildman–Crippen LogP) is 1.90. The summed E-state index contributed by atoms with van der Waals surface area (Å²) in [5.74, 6) is 2.91. The van der Waals surface area contributed by atoms with E-state index in [4.69, 9.17) is 0 Å². The molecule has 5 nitrogen and oxygen atoms in total. The standard InChI is InChI=1S/C17H31N3O2S.ClH/c1-17(2,3)16(22)19-10-13-5-4-7-20(11-13)15(21)9-14-12-23-8-6-18-14;/h13-14,18H,4-12H2,1-3H3,(H,19,22);1H. The molecule has 2 amide bonds. The summed E-state index contributed by atoms with van der Waals surface area (Å²) in [6.45, 7) is 9.10. The Balaban J connectivity index is 0.00000288. The number of thioether (sulfide) groups is 1. The fourth-order valence-corrected chi connectivity index (χ4v) is 4.00. The summed E-state index contributed by atoms with van der Waals surface area (Å²) in [7, 11) is 0. The van der Waals surface area contributed by atoms with Gasteiger partial charge in [0.2, 0.25) is 11.8 Å². The molecular formula is C17H32ClN3O2S. The first-order valence-electron chi connectivity index (χ1n) is 8.73. The molecule has 0 bridgehead atoms. The maximum absolute atomic E-state index is 12.5. The van der Waals surface area contributed by atoms with Crippen molar-refractivity contribution >= 4 is 36.0 Å². The van der Waals surface area contributed by atoms with Crippen LogP contribution < -0.4 is 10.6 Å². The van der Waals surface area contributed by atoms with E-state index in [2.05, 4.69) is 10.6 Å². The third-order valence-electron chi connectivity index (χ3n) is 4.52. The first-order valence-corrected chi connectivity index (χ1v) is 9.89. The van der Waals surface area contributed by atoms with E-state index in [0.717, 1.165) is 44.0 Å².